The minimum absolute atomic E-state index is 0.0151. The normalized spacial score (nSPS) is 44.2. The maximum Gasteiger partial charge on any atom is 0.308 e. The van der Waals surface area contributed by atoms with Crippen molar-refractivity contribution in [3.8, 4) is 0 Å². The summed E-state index contributed by atoms with van der Waals surface area (Å²) in [5, 5.41) is 34.3. The zero-order valence-corrected chi connectivity index (χ0v) is 32.7. The van der Waals surface area contributed by atoms with Gasteiger partial charge in [0, 0.05) is 40.1 Å². The molecule has 3 aliphatic rings. The summed E-state index contributed by atoms with van der Waals surface area (Å²) < 4.78 is 49.0. The van der Waals surface area contributed by atoms with E-state index in [-0.39, 0.29) is 31.0 Å². The van der Waals surface area contributed by atoms with Crippen LogP contribution in [0.3, 0.4) is 0 Å². The molecule has 3 aliphatic heterocycles. The van der Waals surface area contributed by atoms with E-state index in [1.807, 2.05) is 59.7 Å². The van der Waals surface area contributed by atoms with E-state index in [0.29, 0.717) is 19.4 Å². The van der Waals surface area contributed by atoms with Gasteiger partial charge in [0.05, 0.1) is 48.6 Å². The number of hydrogen-bond acceptors (Lipinski definition) is 14. The second-order valence-corrected chi connectivity index (χ2v) is 14.9. The van der Waals surface area contributed by atoms with Crippen molar-refractivity contribution in [1.82, 2.24) is 4.90 Å². The van der Waals surface area contributed by atoms with E-state index < -0.39 is 91.4 Å². The van der Waals surface area contributed by atoms with E-state index in [1.54, 1.807) is 32.3 Å². The molecular weight excluding hydrogens is 678 g/mol. The fourth-order valence-corrected chi connectivity index (χ4v) is 7.71. The Balaban J connectivity index is 1.94. The topological polar surface area (TPSA) is 172 Å². The first-order valence-corrected chi connectivity index (χ1v) is 18.6. The summed E-state index contributed by atoms with van der Waals surface area (Å²) in [4.78, 5) is 26.8. The van der Waals surface area contributed by atoms with E-state index in [9.17, 15) is 24.9 Å². The number of aliphatic hydroxyl groups excluding tert-OH is 3. The molecule has 0 aromatic rings. The van der Waals surface area contributed by atoms with Gasteiger partial charge in [0.2, 0.25) is 0 Å². The fourth-order valence-electron chi connectivity index (χ4n) is 7.71. The lowest BCUT2D eigenvalue weighted by atomic mass is 9.82. The summed E-state index contributed by atoms with van der Waals surface area (Å²) in [6.45, 7) is 11.7. The van der Waals surface area contributed by atoms with Gasteiger partial charge in [-0.05, 0) is 67.0 Å². The lowest BCUT2D eigenvalue weighted by Crippen LogP contribution is -2.66. The van der Waals surface area contributed by atoms with Crippen LogP contribution in [0.25, 0.3) is 0 Å². The SMILES string of the molecule is CCO[C@@H]1[C@@H](C)O[C@H](O[C@@H]2[C@@H](N(C)C)[C@H](O)[C@@H](O[C@H]3[C@@H](CC=O)C[C@@H](C)[C@@H](O)/C=C/C=C/C[C@@H](C)OC(=O)C[C@@H](O)[C@@H]3OC)O[C@H]2C)C[C@]1(C)OC. The Hall–Kier alpha value is -1.82. The van der Waals surface area contributed by atoms with Crippen molar-refractivity contribution in [3.05, 3.63) is 24.3 Å². The minimum Gasteiger partial charge on any atom is -0.462 e. The smallest absolute Gasteiger partial charge is 0.308 e. The second-order valence-electron chi connectivity index (χ2n) is 14.9. The monoisotopic (exact) mass is 743 g/mol. The molecule has 2 saturated heterocycles. The van der Waals surface area contributed by atoms with Gasteiger partial charge in [0.25, 0.3) is 0 Å². The van der Waals surface area contributed by atoms with Gasteiger partial charge in [0.1, 0.15) is 36.8 Å². The first-order chi connectivity index (χ1) is 24.6. The molecule has 3 rings (SSSR count). The quantitative estimate of drug-likeness (QED) is 0.208. The molecule has 0 bridgehead atoms. The van der Waals surface area contributed by atoms with Crippen LogP contribution in [0.5, 0.6) is 0 Å². The molecule has 0 aromatic heterocycles. The molecule has 0 aromatic carbocycles. The predicted octanol–water partition coefficient (Wildman–Crippen LogP) is 2.54. The molecule has 0 saturated carbocycles. The summed E-state index contributed by atoms with van der Waals surface area (Å²) in [5.41, 5.74) is -0.690. The molecule has 0 aliphatic carbocycles. The van der Waals surface area contributed by atoms with Crippen LogP contribution in [-0.4, -0.2) is 153 Å². The van der Waals surface area contributed by atoms with Crippen molar-refractivity contribution in [1.29, 1.82) is 0 Å². The highest BCUT2D eigenvalue weighted by atomic mass is 16.7. The maximum absolute atomic E-state index is 12.9. The number of carbonyl (C=O) groups is 2. The molecule has 14 nitrogen and oxygen atoms in total. The van der Waals surface area contributed by atoms with Crippen molar-refractivity contribution < 1.29 is 62.8 Å². The van der Waals surface area contributed by atoms with Gasteiger partial charge >= 0.3 is 5.97 Å². The summed E-state index contributed by atoms with van der Waals surface area (Å²) >= 11 is 0. The molecule has 0 unspecified atom stereocenters. The first-order valence-electron chi connectivity index (χ1n) is 18.6. The molecule has 14 heteroatoms. The summed E-state index contributed by atoms with van der Waals surface area (Å²) in [7, 11) is 6.64. The van der Waals surface area contributed by atoms with Crippen LogP contribution in [0.2, 0.25) is 0 Å². The van der Waals surface area contributed by atoms with Crippen molar-refractivity contribution >= 4 is 12.3 Å². The Morgan fingerprint density at radius 1 is 1.00 bits per heavy atom. The number of cyclic esters (lactones) is 1. The van der Waals surface area contributed by atoms with Crippen LogP contribution < -0.4 is 0 Å². The highest BCUT2D eigenvalue weighted by Crippen LogP contribution is 2.38. The zero-order valence-electron chi connectivity index (χ0n) is 32.7. The third-order valence-corrected chi connectivity index (χ3v) is 10.6. The van der Waals surface area contributed by atoms with Crippen LogP contribution in [-0.2, 0) is 47.5 Å². The van der Waals surface area contributed by atoms with Gasteiger partial charge in [-0.25, -0.2) is 0 Å². The Kier molecular flexibility index (Phi) is 17.8. The Bertz CT molecular complexity index is 1150. The van der Waals surface area contributed by atoms with Crippen molar-refractivity contribution in [2.75, 3.05) is 34.9 Å². The Morgan fingerprint density at radius 2 is 1.71 bits per heavy atom. The number of likely N-dealkylation sites (N-methyl/N-ethyl adjacent to an activating group) is 1. The lowest BCUT2D eigenvalue weighted by molar-refractivity contribution is -0.346. The van der Waals surface area contributed by atoms with E-state index in [2.05, 4.69) is 0 Å². The number of hydrogen-bond donors (Lipinski definition) is 3. The Labute approximate surface area is 309 Å². The number of aldehydes is 1. The standard InChI is InChI=1S/C38H65NO13/c1-11-47-36-25(5)49-30(21-38(36,6)46-10)51-33-24(4)50-37(32(44)31(33)39(7)8)52-34-26(17-18-40)19-22(2)27(41)16-14-12-13-15-23(3)48-29(43)20-28(42)35(34)45-9/h12-14,16,18,22-28,30-37,41-42,44H,11,15,17,19-21H2,1-10H3/b13-12+,16-14+/t22-,23-,24+,25-,26+,27+,28-,30-,31+,32+,33+,34+,35+,36-,37-,38+/m1/s1. The summed E-state index contributed by atoms with van der Waals surface area (Å²) in [6.07, 6.45) is -1.69. The average Bonchev–Trinajstić information content (AvgIpc) is 3.07. The largest absolute Gasteiger partial charge is 0.462 e. The van der Waals surface area contributed by atoms with Crippen LogP contribution in [0.1, 0.15) is 73.6 Å². The van der Waals surface area contributed by atoms with E-state index in [1.165, 1.54) is 7.11 Å². The van der Waals surface area contributed by atoms with E-state index in [0.717, 1.165) is 6.29 Å². The predicted molar refractivity (Wildman–Crippen MR) is 191 cm³/mol. The van der Waals surface area contributed by atoms with Crippen LogP contribution in [0, 0.1) is 11.8 Å². The molecule has 16 atom stereocenters. The first kappa shape index (κ1) is 44.6. The highest BCUT2D eigenvalue weighted by Gasteiger charge is 2.52. The molecule has 0 radical (unpaired) electrons. The number of allylic oxidation sites excluding steroid dienone is 2. The van der Waals surface area contributed by atoms with Gasteiger partial charge in [-0.15, -0.1) is 0 Å². The third-order valence-electron chi connectivity index (χ3n) is 10.6. The van der Waals surface area contributed by atoms with E-state index in [4.69, 9.17) is 37.9 Å². The molecule has 0 spiro atoms. The van der Waals surface area contributed by atoms with Crippen LogP contribution >= 0.6 is 0 Å². The van der Waals surface area contributed by atoms with Crippen LogP contribution in [0.4, 0.5) is 0 Å². The number of methoxy groups -OCH3 is 2. The fraction of sp³-hybridized carbons (Fsp3) is 0.842. The number of aliphatic hydroxyl groups is 3. The number of rotatable bonds is 11. The summed E-state index contributed by atoms with van der Waals surface area (Å²) in [5.74, 6) is -1.58. The second kappa shape index (κ2) is 20.7. The Morgan fingerprint density at radius 3 is 2.33 bits per heavy atom. The molecular formula is C38H65NO13. The van der Waals surface area contributed by atoms with Crippen LogP contribution in [0.15, 0.2) is 24.3 Å². The minimum atomic E-state index is -1.40. The number of nitrogens with zero attached hydrogens (tertiary/aromatic N) is 1. The van der Waals surface area contributed by atoms with Gasteiger partial charge in [-0.1, -0.05) is 31.2 Å². The number of esters is 1. The van der Waals surface area contributed by atoms with Crippen molar-refractivity contribution in [3.63, 3.8) is 0 Å². The molecule has 3 N–H and O–H groups in total. The van der Waals surface area contributed by atoms with Crippen molar-refractivity contribution in [2.45, 2.75) is 159 Å². The molecule has 52 heavy (non-hydrogen) atoms. The highest BCUT2D eigenvalue weighted by molar-refractivity contribution is 5.70. The van der Waals surface area contributed by atoms with Gasteiger partial charge in [-0.2, -0.15) is 0 Å². The van der Waals surface area contributed by atoms with Crippen molar-refractivity contribution in [2.24, 2.45) is 11.8 Å². The number of ether oxygens (including phenoxy) is 8. The van der Waals surface area contributed by atoms with Gasteiger partial charge in [0.15, 0.2) is 12.6 Å². The molecule has 2 fully saturated rings. The number of carbonyl (C=O) groups excluding carboxylic acids is 2. The van der Waals surface area contributed by atoms with Gasteiger partial charge < -0.3 is 62.9 Å². The zero-order chi connectivity index (χ0) is 38.7. The summed E-state index contributed by atoms with van der Waals surface area (Å²) in [6, 6.07) is -0.650. The maximum atomic E-state index is 12.9. The lowest BCUT2D eigenvalue weighted by Gasteiger charge is -2.51. The molecule has 3 heterocycles. The van der Waals surface area contributed by atoms with Gasteiger partial charge in [-0.3, -0.25) is 4.79 Å². The molecule has 300 valence electrons. The third kappa shape index (κ3) is 11.6. The molecule has 0 amide bonds. The van der Waals surface area contributed by atoms with E-state index >= 15 is 0 Å². The average molecular weight is 744 g/mol.